The first-order valence-electron chi connectivity index (χ1n) is 12.4. The van der Waals surface area contributed by atoms with Crippen LogP contribution in [0.25, 0.3) is 0 Å². The molecule has 4 aliphatic carbocycles. The fourth-order valence-electron chi connectivity index (χ4n) is 7.82. The lowest BCUT2D eigenvalue weighted by atomic mass is 9.50. The van der Waals surface area contributed by atoms with Crippen molar-refractivity contribution in [2.75, 3.05) is 6.61 Å². The van der Waals surface area contributed by atoms with Gasteiger partial charge in [0.15, 0.2) is 0 Å². The standard InChI is InChI=1S/C25H41FN2O2.H3N/c1-16(2)28(26)30-14-12-17(3)20-7-8-22-21(20)9-10-24-23(22)6-5-18-15-19(27-29)11-13-25(18,24)4;/h5,16-17,19-24H,6-15H2,1-4H3;1H3/t17-,19?,20?,21?,22?,23?,24?,25?;/m1./s1. The van der Waals surface area contributed by atoms with Crippen molar-refractivity contribution < 1.29 is 9.32 Å². The zero-order valence-electron chi connectivity index (χ0n) is 20.1. The molecule has 3 saturated carbocycles. The third-order valence-corrected chi connectivity index (χ3v) is 9.53. The average molecular weight is 438 g/mol. The molecule has 7 unspecified atom stereocenters. The highest BCUT2D eigenvalue weighted by Gasteiger charge is 2.54. The Kier molecular flexibility index (Phi) is 7.97. The molecule has 0 saturated heterocycles. The lowest BCUT2D eigenvalue weighted by Crippen LogP contribution is -2.47. The molecular weight excluding hydrogens is 393 g/mol. The van der Waals surface area contributed by atoms with Gasteiger partial charge in [-0.25, -0.2) is 0 Å². The molecule has 8 atom stereocenters. The van der Waals surface area contributed by atoms with E-state index in [0.717, 1.165) is 55.3 Å². The summed E-state index contributed by atoms with van der Waals surface area (Å²) in [6.45, 7) is 8.92. The van der Waals surface area contributed by atoms with Gasteiger partial charge in [-0.3, -0.25) is 4.84 Å². The van der Waals surface area contributed by atoms with Gasteiger partial charge in [-0.2, -0.15) is 4.91 Å². The Morgan fingerprint density at radius 1 is 1.16 bits per heavy atom. The second-order valence-corrected chi connectivity index (χ2v) is 11.3. The van der Waals surface area contributed by atoms with Crippen molar-refractivity contribution in [1.29, 1.82) is 0 Å². The Bertz CT molecular complexity index is 657. The van der Waals surface area contributed by atoms with Crippen LogP contribution in [-0.4, -0.2) is 24.0 Å². The van der Waals surface area contributed by atoms with Crippen LogP contribution in [0, 0.1) is 45.8 Å². The van der Waals surface area contributed by atoms with E-state index in [4.69, 9.17) is 4.84 Å². The van der Waals surface area contributed by atoms with Gasteiger partial charge in [0.2, 0.25) is 0 Å². The number of nitroso groups, excluding NO2 is 1. The minimum atomic E-state index is -0.227. The van der Waals surface area contributed by atoms with Crippen LogP contribution in [0.2, 0.25) is 0 Å². The minimum absolute atomic E-state index is 0. The molecule has 0 amide bonds. The van der Waals surface area contributed by atoms with Crippen LogP contribution >= 0.6 is 0 Å². The maximum Gasteiger partial charge on any atom is 0.0957 e. The van der Waals surface area contributed by atoms with E-state index in [-0.39, 0.29) is 18.2 Å². The molecule has 6 heteroatoms. The van der Waals surface area contributed by atoms with Crippen LogP contribution in [0.15, 0.2) is 16.8 Å². The minimum Gasteiger partial charge on any atom is -0.344 e. The molecule has 178 valence electrons. The van der Waals surface area contributed by atoms with Gasteiger partial charge >= 0.3 is 0 Å². The van der Waals surface area contributed by atoms with Crippen LogP contribution in [0.5, 0.6) is 0 Å². The van der Waals surface area contributed by atoms with E-state index < -0.39 is 0 Å². The Morgan fingerprint density at radius 3 is 2.61 bits per heavy atom. The summed E-state index contributed by atoms with van der Waals surface area (Å²) >= 11 is 0. The molecule has 0 aromatic heterocycles. The second-order valence-electron chi connectivity index (χ2n) is 11.3. The van der Waals surface area contributed by atoms with Crippen molar-refractivity contribution in [1.82, 2.24) is 11.4 Å². The number of allylic oxidation sites excluding steroid dienone is 1. The maximum atomic E-state index is 13.6. The van der Waals surface area contributed by atoms with Crippen molar-refractivity contribution in [3.63, 3.8) is 0 Å². The Morgan fingerprint density at radius 2 is 1.90 bits per heavy atom. The van der Waals surface area contributed by atoms with Gasteiger partial charge in [0.1, 0.15) is 0 Å². The van der Waals surface area contributed by atoms with Crippen molar-refractivity contribution in [2.45, 2.75) is 97.6 Å². The Labute approximate surface area is 188 Å². The van der Waals surface area contributed by atoms with Gasteiger partial charge in [0.25, 0.3) is 0 Å². The molecule has 4 rings (SSSR count). The lowest BCUT2D eigenvalue weighted by Gasteiger charge is -2.55. The molecular formula is C25H44FN3O2. The SMILES string of the molecule is CC(C)N(F)OCC[C@@H](C)C1CCC2C1CCC1C2CC=C2CC(N=O)CCC21C.N. The number of hydrogen-bond acceptors (Lipinski definition) is 5. The van der Waals surface area contributed by atoms with Crippen molar-refractivity contribution in [3.05, 3.63) is 16.6 Å². The van der Waals surface area contributed by atoms with E-state index >= 15 is 0 Å². The summed E-state index contributed by atoms with van der Waals surface area (Å²) < 4.78 is 13.6. The molecule has 0 radical (unpaired) electrons. The molecule has 0 spiro atoms. The zero-order valence-corrected chi connectivity index (χ0v) is 20.1. The first kappa shape index (κ1) is 24.8. The van der Waals surface area contributed by atoms with Gasteiger partial charge in [0, 0.05) is 0 Å². The van der Waals surface area contributed by atoms with E-state index in [9.17, 15) is 9.39 Å². The number of hydrogen-bond donors (Lipinski definition) is 1. The zero-order chi connectivity index (χ0) is 21.5. The highest BCUT2D eigenvalue weighted by atomic mass is 19.2. The largest absolute Gasteiger partial charge is 0.344 e. The van der Waals surface area contributed by atoms with Crippen LogP contribution in [-0.2, 0) is 4.84 Å². The summed E-state index contributed by atoms with van der Waals surface area (Å²) in [5.41, 5.74) is 1.84. The van der Waals surface area contributed by atoms with E-state index in [1.165, 1.54) is 32.1 Å². The number of halogens is 1. The molecule has 4 aliphatic rings. The molecule has 0 bridgehead atoms. The third-order valence-electron chi connectivity index (χ3n) is 9.53. The smallest absolute Gasteiger partial charge is 0.0957 e. The number of nitrogens with zero attached hydrogens (tertiary/aromatic N) is 2. The predicted octanol–water partition coefficient (Wildman–Crippen LogP) is 7.03. The van der Waals surface area contributed by atoms with Crippen molar-refractivity contribution >= 4 is 0 Å². The van der Waals surface area contributed by atoms with Gasteiger partial charge in [-0.05, 0) is 118 Å². The normalized spacial score (nSPS) is 40.4. The second kappa shape index (κ2) is 9.96. The molecule has 3 N–H and O–H groups in total. The molecule has 3 fully saturated rings. The monoisotopic (exact) mass is 437 g/mol. The Balaban J connectivity index is 0.00000272. The lowest BCUT2D eigenvalue weighted by molar-refractivity contribution is -0.299. The summed E-state index contributed by atoms with van der Waals surface area (Å²) in [5.74, 6) is 4.64. The highest BCUT2D eigenvalue weighted by molar-refractivity contribution is 5.25. The third kappa shape index (κ3) is 4.63. The van der Waals surface area contributed by atoms with Crippen LogP contribution in [0.3, 0.4) is 0 Å². The maximum absolute atomic E-state index is 13.6. The molecule has 31 heavy (non-hydrogen) atoms. The first-order chi connectivity index (χ1) is 14.3. The number of fused-ring (bicyclic) bond motifs is 5. The van der Waals surface area contributed by atoms with Gasteiger partial charge in [-0.15, -0.1) is 4.48 Å². The van der Waals surface area contributed by atoms with E-state index in [1.54, 1.807) is 19.4 Å². The van der Waals surface area contributed by atoms with Gasteiger partial charge < -0.3 is 6.15 Å². The molecule has 5 nitrogen and oxygen atoms in total. The Hall–Kier alpha value is -0.850. The summed E-state index contributed by atoms with van der Waals surface area (Å²) in [5, 5.41) is 3.87. The van der Waals surface area contributed by atoms with Gasteiger partial charge in [0.05, 0.1) is 18.7 Å². The van der Waals surface area contributed by atoms with E-state index in [2.05, 4.69) is 25.1 Å². The summed E-state index contributed by atoms with van der Waals surface area (Å²) in [7, 11) is 0. The van der Waals surface area contributed by atoms with Crippen LogP contribution in [0.1, 0.15) is 85.5 Å². The van der Waals surface area contributed by atoms with Crippen molar-refractivity contribution in [3.8, 4) is 0 Å². The van der Waals surface area contributed by atoms with Crippen LogP contribution < -0.4 is 6.15 Å². The van der Waals surface area contributed by atoms with E-state index in [0.29, 0.717) is 23.2 Å². The molecule has 0 aromatic carbocycles. The number of hydroxylamine groups is 1. The summed E-state index contributed by atoms with van der Waals surface area (Å²) in [4.78, 5) is 16.4. The highest BCUT2D eigenvalue weighted by Crippen LogP contribution is 2.63. The van der Waals surface area contributed by atoms with Crippen LogP contribution in [0.4, 0.5) is 4.48 Å². The van der Waals surface area contributed by atoms with E-state index in [1.807, 2.05) is 0 Å². The van der Waals surface area contributed by atoms with Gasteiger partial charge in [-0.1, -0.05) is 30.7 Å². The number of rotatable bonds is 7. The summed E-state index contributed by atoms with van der Waals surface area (Å²) in [6, 6.07) is -0.221. The fraction of sp³-hybridized carbons (Fsp3) is 0.920. The first-order valence-corrected chi connectivity index (χ1v) is 12.4. The summed E-state index contributed by atoms with van der Waals surface area (Å²) in [6.07, 6.45) is 13.0. The topological polar surface area (TPSA) is 76.9 Å². The molecule has 0 aromatic rings. The quantitative estimate of drug-likeness (QED) is 0.201. The fourth-order valence-corrected chi connectivity index (χ4v) is 7.82. The molecule has 0 heterocycles. The average Bonchev–Trinajstić information content (AvgIpc) is 3.17. The van der Waals surface area contributed by atoms with Crippen molar-refractivity contribution in [2.24, 2.45) is 46.1 Å². The molecule has 0 aliphatic heterocycles. The predicted molar refractivity (Wildman–Crippen MR) is 123 cm³/mol.